The molecule has 0 fully saturated rings. The molecule has 0 aliphatic carbocycles. The van der Waals surface area contributed by atoms with Crippen molar-refractivity contribution in [1.82, 2.24) is 14.9 Å². The Balaban J connectivity index is 2.30. The van der Waals surface area contributed by atoms with Crippen molar-refractivity contribution in [1.29, 1.82) is 0 Å². The smallest absolute Gasteiger partial charge is 0.119 e. The molecule has 1 aromatic heterocycles. The lowest BCUT2D eigenvalue weighted by molar-refractivity contribution is 0.413. The molecular formula is C15H21N3O. The van der Waals surface area contributed by atoms with Gasteiger partial charge in [0.1, 0.15) is 5.75 Å². The van der Waals surface area contributed by atoms with E-state index in [9.17, 15) is 0 Å². The average Bonchev–Trinajstić information content (AvgIpc) is 2.86. The normalized spacial score (nSPS) is 12.4. The van der Waals surface area contributed by atoms with Crippen LogP contribution in [0.1, 0.15) is 30.6 Å². The van der Waals surface area contributed by atoms with Crippen molar-refractivity contribution in [2.75, 3.05) is 13.7 Å². The van der Waals surface area contributed by atoms with E-state index in [4.69, 9.17) is 4.74 Å². The molecule has 102 valence electrons. The number of imidazole rings is 1. The van der Waals surface area contributed by atoms with Crippen LogP contribution < -0.4 is 10.1 Å². The Morgan fingerprint density at radius 1 is 1.42 bits per heavy atom. The summed E-state index contributed by atoms with van der Waals surface area (Å²) < 4.78 is 7.27. The summed E-state index contributed by atoms with van der Waals surface area (Å²) in [6, 6.07) is 8.24. The van der Waals surface area contributed by atoms with Crippen LogP contribution in [-0.2, 0) is 7.05 Å². The standard InChI is InChI=1S/C15H21N3O/c1-4-8-16-15(14-10-18(2)11-17-14)12-6-5-7-13(9-12)19-3/h5-7,9-11,15-16H,4,8H2,1-3H3. The number of ether oxygens (including phenoxy) is 1. The van der Waals surface area contributed by atoms with E-state index in [0.29, 0.717) is 0 Å². The molecule has 1 N–H and O–H groups in total. The minimum atomic E-state index is 0.108. The second-order valence-electron chi connectivity index (χ2n) is 4.63. The van der Waals surface area contributed by atoms with Crippen molar-refractivity contribution in [3.05, 3.63) is 48.0 Å². The first-order valence-corrected chi connectivity index (χ1v) is 6.59. The second kappa shape index (κ2) is 6.38. The van der Waals surface area contributed by atoms with Crippen LogP contribution in [-0.4, -0.2) is 23.2 Å². The zero-order valence-corrected chi connectivity index (χ0v) is 11.8. The molecule has 2 rings (SSSR count). The van der Waals surface area contributed by atoms with Gasteiger partial charge < -0.3 is 14.6 Å². The van der Waals surface area contributed by atoms with E-state index in [1.807, 2.05) is 36.3 Å². The van der Waals surface area contributed by atoms with Crippen molar-refractivity contribution in [2.45, 2.75) is 19.4 Å². The van der Waals surface area contributed by atoms with Crippen molar-refractivity contribution in [3.8, 4) is 5.75 Å². The Morgan fingerprint density at radius 3 is 2.89 bits per heavy atom. The number of aryl methyl sites for hydroxylation is 1. The zero-order valence-electron chi connectivity index (χ0n) is 11.8. The summed E-state index contributed by atoms with van der Waals surface area (Å²) in [5, 5.41) is 3.54. The van der Waals surface area contributed by atoms with Gasteiger partial charge in [-0.25, -0.2) is 4.98 Å². The maximum Gasteiger partial charge on any atom is 0.119 e. The predicted octanol–water partition coefficient (Wildman–Crippen LogP) is 2.52. The highest BCUT2D eigenvalue weighted by atomic mass is 16.5. The fraction of sp³-hybridized carbons (Fsp3) is 0.400. The third-order valence-electron chi connectivity index (χ3n) is 3.05. The molecule has 0 amide bonds. The molecule has 1 aromatic carbocycles. The van der Waals surface area contributed by atoms with Crippen LogP contribution >= 0.6 is 0 Å². The fourth-order valence-electron chi connectivity index (χ4n) is 2.09. The maximum absolute atomic E-state index is 5.30. The van der Waals surface area contributed by atoms with Gasteiger partial charge in [-0.1, -0.05) is 19.1 Å². The molecule has 4 nitrogen and oxygen atoms in total. The van der Waals surface area contributed by atoms with E-state index in [1.54, 1.807) is 7.11 Å². The van der Waals surface area contributed by atoms with Crippen molar-refractivity contribution in [3.63, 3.8) is 0 Å². The largest absolute Gasteiger partial charge is 0.497 e. The van der Waals surface area contributed by atoms with Crippen LogP contribution in [0.5, 0.6) is 5.75 Å². The number of rotatable bonds is 6. The molecule has 0 aliphatic heterocycles. The van der Waals surface area contributed by atoms with Gasteiger partial charge in [-0.15, -0.1) is 0 Å². The van der Waals surface area contributed by atoms with Gasteiger partial charge in [0, 0.05) is 13.2 Å². The first kappa shape index (κ1) is 13.6. The third kappa shape index (κ3) is 3.35. The molecular weight excluding hydrogens is 238 g/mol. The van der Waals surface area contributed by atoms with E-state index in [-0.39, 0.29) is 6.04 Å². The lowest BCUT2D eigenvalue weighted by Gasteiger charge is -2.17. The van der Waals surface area contributed by atoms with E-state index >= 15 is 0 Å². The molecule has 4 heteroatoms. The topological polar surface area (TPSA) is 39.1 Å². The van der Waals surface area contributed by atoms with Gasteiger partial charge in [0.25, 0.3) is 0 Å². The van der Waals surface area contributed by atoms with Crippen LogP contribution in [0.2, 0.25) is 0 Å². The van der Waals surface area contributed by atoms with Crippen LogP contribution in [0.3, 0.4) is 0 Å². The molecule has 0 spiro atoms. The molecule has 1 atom stereocenters. The summed E-state index contributed by atoms with van der Waals surface area (Å²) in [5.41, 5.74) is 2.20. The van der Waals surface area contributed by atoms with Gasteiger partial charge in [0.05, 0.1) is 25.2 Å². The maximum atomic E-state index is 5.30. The summed E-state index contributed by atoms with van der Waals surface area (Å²) in [7, 11) is 3.67. The van der Waals surface area contributed by atoms with Gasteiger partial charge >= 0.3 is 0 Å². The number of aromatic nitrogens is 2. The number of hydrogen-bond donors (Lipinski definition) is 1. The Bertz CT molecular complexity index is 522. The fourth-order valence-corrected chi connectivity index (χ4v) is 2.09. The summed E-state index contributed by atoms with van der Waals surface area (Å²) >= 11 is 0. The van der Waals surface area contributed by atoms with Crippen LogP contribution in [0, 0.1) is 0 Å². The zero-order chi connectivity index (χ0) is 13.7. The predicted molar refractivity (Wildman–Crippen MR) is 76.3 cm³/mol. The Morgan fingerprint density at radius 2 is 2.26 bits per heavy atom. The van der Waals surface area contributed by atoms with Gasteiger partial charge in [-0.3, -0.25) is 0 Å². The van der Waals surface area contributed by atoms with Crippen molar-refractivity contribution in [2.24, 2.45) is 7.05 Å². The number of methoxy groups -OCH3 is 1. The number of nitrogens with one attached hydrogen (secondary N) is 1. The van der Waals surface area contributed by atoms with Crippen molar-refractivity contribution >= 4 is 0 Å². The molecule has 1 heterocycles. The minimum Gasteiger partial charge on any atom is -0.497 e. The first-order chi connectivity index (χ1) is 9.24. The van der Waals surface area contributed by atoms with Crippen LogP contribution in [0.4, 0.5) is 0 Å². The lowest BCUT2D eigenvalue weighted by Crippen LogP contribution is -2.23. The minimum absolute atomic E-state index is 0.108. The quantitative estimate of drug-likeness (QED) is 0.866. The molecule has 19 heavy (non-hydrogen) atoms. The SMILES string of the molecule is CCCNC(c1cccc(OC)c1)c1cn(C)cn1. The Kier molecular flexibility index (Phi) is 4.58. The number of hydrogen-bond acceptors (Lipinski definition) is 3. The molecule has 1 unspecified atom stereocenters. The summed E-state index contributed by atoms with van der Waals surface area (Å²) in [5.74, 6) is 0.872. The van der Waals surface area contributed by atoms with Gasteiger partial charge in [-0.2, -0.15) is 0 Å². The van der Waals surface area contributed by atoms with Gasteiger partial charge in [0.2, 0.25) is 0 Å². The summed E-state index contributed by atoms with van der Waals surface area (Å²) in [4.78, 5) is 4.46. The van der Waals surface area contributed by atoms with Crippen LogP contribution in [0.15, 0.2) is 36.8 Å². The Labute approximate surface area is 114 Å². The highest BCUT2D eigenvalue weighted by Gasteiger charge is 2.16. The van der Waals surface area contributed by atoms with Gasteiger partial charge in [-0.05, 0) is 30.7 Å². The molecule has 0 saturated carbocycles. The van der Waals surface area contributed by atoms with E-state index in [1.165, 1.54) is 5.56 Å². The molecule has 2 aromatic rings. The number of benzene rings is 1. The first-order valence-electron chi connectivity index (χ1n) is 6.59. The Hall–Kier alpha value is -1.81. The number of nitrogens with zero attached hydrogens (tertiary/aromatic N) is 2. The highest BCUT2D eigenvalue weighted by Crippen LogP contribution is 2.24. The van der Waals surface area contributed by atoms with Gasteiger partial charge in [0.15, 0.2) is 0 Å². The van der Waals surface area contributed by atoms with E-state index in [2.05, 4.69) is 29.4 Å². The summed E-state index contributed by atoms with van der Waals surface area (Å²) in [6.07, 6.45) is 4.97. The molecule has 0 bridgehead atoms. The summed E-state index contributed by atoms with van der Waals surface area (Å²) in [6.45, 7) is 3.12. The van der Waals surface area contributed by atoms with Crippen molar-refractivity contribution < 1.29 is 4.74 Å². The monoisotopic (exact) mass is 259 g/mol. The highest BCUT2D eigenvalue weighted by molar-refractivity contribution is 5.34. The lowest BCUT2D eigenvalue weighted by atomic mass is 10.0. The third-order valence-corrected chi connectivity index (χ3v) is 3.05. The van der Waals surface area contributed by atoms with E-state index in [0.717, 1.165) is 24.4 Å². The van der Waals surface area contributed by atoms with Crippen LogP contribution in [0.25, 0.3) is 0 Å². The molecule has 0 radical (unpaired) electrons. The molecule has 0 aliphatic rings. The van der Waals surface area contributed by atoms with E-state index < -0.39 is 0 Å². The average molecular weight is 259 g/mol. The molecule has 0 saturated heterocycles. The second-order valence-corrected chi connectivity index (χ2v) is 4.63.